The topological polar surface area (TPSA) is 56.8 Å². The lowest BCUT2D eigenvalue weighted by Crippen LogP contribution is -2.07. The molecular weight excluding hydrogens is 402 g/mol. The highest BCUT2D eigenvalue weighted by Crippen LogP contribution is 2.25. The van der Waals surface area contributed by atoms with Crippen molar-refractivity contribution >= 4 is 29.3 Å². The van der Waals surface area contributed by atoms with Crippen LogP contribution in [0.3, 0.4) is 0 Å². The first kappa shape index (κ1) is 21.3. The van der Waals surface area contributed by atoms with Gasteiger partial charge in [0.05, 0.1) is 14.2 Å². The summed E-state index contributed by atoms with van der Waals surface area (Å²) in [6.45, 7) is 0.438. The lowest BCUT2D eigenvalue weighted by Gasteiger charge is -2.08. The van der Waals surface area contributed by atoms with E-state index in [0.29, 0.717) is 34.6 Å². The fourth-order valence-corrected chi connectivity index (χ4v) is 2.83. The lowest BCUT2D eigenvalue weighted by atomic mass is 10.1. The highest BCUT2D eigenvalue weighted by Gasteiger charge is 2.04. The Morgan fingerprint density at radius 3 is 2.30 bits per heavy atom. The predicted molar refractivity (Wildman–Crippen MR) is 119 cm³/mol. The van der Waals surface area contributed by atoms with Crippen molar-refractivity contribution in [2.75, 3.05) is 19.5 Å². The van der Waals surface area contributed by atoms with Gasteiger partial charge in [-0.15, -0.1) is 0 Å². The summed E-state index contributed by atoms with van der Waals surface area (Å²) in [6, 6.07) is 20.1. The highest BCUT2D eigenvalue weighted by molar-refractivity contribution is 6.30. The van der Waals surface area contributed by atoms with E-state index in [1.54, 1.807) is 62.8 Å². The maximum absolute atomic E-state index is 12.3. The van der Waals surface area contributed by atoms with E-state index in [1.807, 2.05) is 24.3 Å². The summed E-state index contributed by atoms with van der Waals surface area (Å²) in [7, 11) is 3.17. The van der Waals surface area contributed by atoms with Crippen molar-refractivity contribution in [3.8, 4) is 17.2 Å². The number of anilines is 1. The van der Waals surface area contributed by atoms with Gasteiger partial charge >= 0.3 is 0 Å². The van der Waals surface area contributed by atoms with Crippen LogP contribution >= 0.6 is 11.6 Å². The largest absolute Gasteiger partial charge is 0.497 e. The molecule has 0 heterocycles. The molecule has 0 spiro atoms. The monoisotopic (exact) mass is 423 g/mol. The van der Waals surface area contributed by atoms with Gasteiger partial charge in [0.25, 0.3) is 0 Å². The minimum atomic E-state index is -0.255. The maximum Gasteiger partial charge on any atom is 0.248 e. The number of hydrogen-bond donors (Lipinski definition) is 1. The molecule has 0 radical (unpaired) electrons. The molecule has 5 nitrogen and oxygen atoms in total. The normalized spacial score (nSPS) is 10.6. The van der Waals surface area contributed by atoms with Gasteiger partial charge in [-0.2, -0.15) is 0 Å². The SMILES string of the molecule is COc1ccc(OC)c(/C=C/C(=O)Nc2ccc(OCc3ccc(Cl)cc3)cc2)c1. The fraction of sp³-hybridized carbons (Fsp3) is 0.125. The van der Waals surface area contributed by atoms with Crippen LogP contribution in [0.5, 0.6) is 17.2 Å². The van der Waals surface area contributed by atoms with Gasteiger partial charge in [-0.05, 0) is 66.2 Å². The van der Waals surface area contributed by atoms with Gasteiger partial charge in [0, 0.05) is 22.3 Å². The number of nitrogens with one attached hydrogen (secondary N) is 1. The fourth-order valence-electron chi connectivity index (χ4n) is 2.70. The summed E-state index contributed by atoms with van der Waals surface area (Å²) in [6.07, 6.45) is 3.13. The minimum Gasteiger partial charge on any atom is -0.497 e. The molecule has 0 aromatic heterocycles. The average Bonchev–Trinajstić information content (AvgIpc) is 2.78. The van der Waals surface area contributed by atoms with Crippen LogP contribution in [0.15, 0.2) is 72.8 Å². The van der Waals surface area contributed by atoms with Gasteiger partial charge in [0.2, 0.25) is 5.91 Å². The van der Waals surface area contributed by atoms with Gasteiger partial charge in [0.1, 0.15) is 23.9 Å². The van der Waals surface area contributed by atoms with Crippen molar-refractivity contribution in [1.29, 1.82) is 0 Å². The number of rotatable bonds is 8. The summed E-state index contributed by atoms with van der Waals surface area (Å²) in [5.41, 5.74) is 2.44. The van der Waals surface area contributed by atoms with Gasteiger partial charge in [0.15, 0.2) is 0 Å². The van der Waals surface area contributed by atoms with Crippen LogP contribution in [0.25, 0.3) is 6.08 Å². The third-order valence-corrected chi connectivity index (χ3v) is 4.54. The molecule has 0 aliphatic heterocycles. The molecule has 30 heavy (non-hydrogen) atoms. The molecular formula is C24H22ClNO4. The summed E-state index contributed by atoms with van der Waals surface area (Å²) < 4.78 is 16.3. The van der Waals surface area contributed by atoms with E-state index in [4.69, 9.17) is 25.8 Å². The Hall–Kier alpha value is -3.44. The molecule has 0 bridgehead atoms. The Bertz CT molecular complexity index is 1010. The first-order valence-electron chi connectivity index (χ1n) is 9.26. The van der Waals surface area contributed by atoms with E-state index >= 15 is 0 Å². The van der Waals surface area contributed by atoms with Crippen molar-refractivity contribution in [3.05, 3.63) is 89.0 Å². The molecule has 3 rings (SSSR count). The number of carbonyl (C=O) groups is 1. The van der Waals surface area contributed by atoms with Gasteiger partial charge in [-0.25, -0.2) is 0 Å². The van der Waals surface area contributed by atoms with Crippen molar-refractivity contribution in [2.24, 2.45) is 0 Å². The number of carbonyl (C=O) groups excluding carboxylic acids is 1. The predicted octanol–water partition coefficient (Wildman–Crippen LogP) is 5.59. The Kier molecular flexibility index (Phi) is 7.35. The Morgan fingerprint density at radius 2 is 1.63 bits per heavy atom. The Labute approximate surface area is 180 Å². The molecule has 0 unspecified atom stereocenters. The third-order valence-electron chi connectivity index (χ3n) is 4.29. The van der Waals surface area contributed by atoms with E-state index in [1.165, 1.54) is 6.08 Å². The summed E-state index contributed by atoms with van der Waals surface area (Å²) in [4.78, 5) is 12.3. The first-order chi connectivity index (χ1) is 14.6. The van der Waals surface area contributed by atoms with Crippen molar-refractivity contribution in [1.82, 2.24) is 0 Å². The van der Waals surface area contributed by atoms with E-state index in [2.05, 4.69) is 5.32 Å². The molecule has 1 amide bonds. The van der Waals surface area contributed by atoms with E-state index in [-0.39, 0.29) is 5.91 Å². The number of methoxy groups -OCH3 is 2. The molecule has 0 fully saturated rings. The van der Waals surface area contributed by atoms with Crippen molar-refractivity contribution in [2.45, 2.75) is 6.61 Å². The Balaban J connectivity index is 1.56. The van der Waals surface area contributed by atoms with Crippen molar-refractivity contribution in [3.63, 3.8) is 0 Å². The molecule has 3 aromatic rings. The van der Waals surface area contributed by atoms with E-state index in [0.717, 1.165) is 11.1 Å². The summed E-state index contributed by atoms with van der Waals surface area (Å²) in [5, 5.41) is 3.51. The smallest absolute Gasteiger partial charge is 0.248 e. The number of hydrogen-bond acceptors (Lipinski definition) is 4. The van der Waals surface area contributed by atoms with Gasteiger partial charge in [-0.3, -0.25) is 4.79 Å². The van der Waals surface area contributed by atoms with Gasteiger partial charge < -0.3 is 19.5 Å². The molecule has 0 aliphatic carbocycles. The second-order valence-electron chi connectivity index (χ2n) is 6.37. The van der Waals surface area contributed by atoms with E-state index < -0.39 is 0 Å². The second kappa shape index (κ2) is 10.4. The number of amides is 1. The summed E-state index contributed by atoms with van der Waals surface area (Å²) in [5.74, 6) is 1.79. The molecule has 3 aromatic carbocycles. The quantitative estimate of drug-likeness (QED) is 0.480. The number of benzene rings is 3. The average molecular weight is 424 g/mol. The molecule has 6 heteroatoms. The highest BCUT2D eigenvalue weighted by atomic mass is 35.5. The zero-order valence-electron chi connectivity index (χ0n) is 16.7. The molecule has 0 aliphatic rings. The number of halogens is 1. The second-order valence-corrected chi connectivity index (χ2v) is 6.81. The van der Waals surface area contributed by atoms with Gasteiger partial charge in [-0.1, -0.05) is 23.7 Å². The molecule has 0 saturated carbocycles. The van der Waals surface area contributed by atoms with Crippen LogP contribution in [0.2, 0.25) is 5.02 Å². The summed E-state index contributed by atoms with van der Waals surface area (Å²) >= 11 is 5.88. The number of ether oxygens (including phenoxy) is 3. The third kappa shape index (κ3) is 6.03. The van der Waals surface area contributed by atoms with Crippen LogP contribution in [0.4, 0.5) is 5.69 Å². The van der Waals surface area contributed by atoms with Crippen LogP contribution in [0, 0.1) is 0 Å². The Morgan fingerprint density at radius 1 is 0.933 bits per heavy atom. The lowest BCUT2D eigenvalue weighted by molar-refractivity contribution is -0.111. The molecule has 0 saturated heterocycles. The molecule has 1 N–H and O–H groups in total. The first-order valence-corrected chi connectivity index (χ1v) is 9.63. The van der Waals surface area contributed by atoms with Crippen LogP contribution in [0.1, 0.15) is 11.1 Å². The minimum absolute atomic E-state index is 0.255. The van der Waals surface area contributed by atoms with Crippen LogP contribution < -0.4 is 19.5 Å². The standard InChI is InChI=1S/C24H22ClNO4/c1-28-22-12-13-23(29-2)18(15-22)5-14-24(27)26-20-8-10-21(11-9-20)30-16-17-3-6-19(25)7-4-17/h3-15H,16H2,1-2H3,(H,26,27)/b14-5+. The maximum atomic E-state index is 12.3. The molecule has 154 valence electrons. The zero-order valence-corrected chi connectivity index (χ0v) is 17.5. The molecule has 0 atom stereocenters. The van der Waals surface area contributed by atoms with E-state index in [9.17, 15) is 4.79 Å². The van der Waals surface area contributed by atoms with Crippen LogP contribution in [-0.4, -0.2) is 20.1 Å². The zero-order chi connectivity index (χ0) is 21.3. The van der Waals surface area contributed by atoms with Crippen LogP contribution in [-0.2, 0) is 11.4 Å². The van der Waals surface area contributed by atoms with Crippen molar-refractivity contribution < 1.29 is 19.0 Å².